The number of nitrogens with one attached hydrogen (secondary N) is 1. The predicted molar refractivity (Wildman–Crippen MR) is 63.1 cm³/mol. The van der Waals surface area contributed by atoms with Crippen LogP contribution >= 0.6 is 15.9 Å². The second kappa shape index (κ2) is 6.45. The first-order valence-corrected chi connectivity index (χ1v) is 5.73. The monoisotopic (exact) mass is 271 g/mol. The molecule has 3 nitrogen and oxygen atoms in total. The Morgan fingerprint density at radius 3 is 3.00 bits per heavy atom. The molecule has 0 aromatic heterocycles. The van der Waals surface area contributed by atoms with Gasteiger partial charge in [-0.2, -0.15) is 0 Å². The normalized spacial score (nSPS) is 9.73. The van der Waals surface area contributed by atoms with Crippen LogP contribution in [-0.2, 0) is 0 Å². The summed E-state index contributed by atoms with van der Waals surface area (Å²) in [6.45, 7) is 2.73. The number of halogens is 1. The maximum atomic E-state index is 11.2. The Kier molecular flexibility index (Phi) is 5.18. The Hall–Kier alpha value is -1.03. The average Bonchev–Trinajstić information content (AvgIpc) is 2.18. The maximum absolute atomic E-state index is 11.2. The van der Waals surface area contributed by atoms with Gasteiger partial charge in [-0.3, -0.25) is 0 Å². The predicted octanol–water partition coefficient (Wildman–Crippen LogP) is 3.34. The Labute approximate surface area is 97.9 Å². The summed E-state index contributed by atoms with van der Waals surface area (Å²) >= 11 is 3.30. The Morgan fingerprint density at radius 1 is 1.53 bits per heavy atom. The zero-order valence-electron chi connectivity index (χ0n) is 8.63. The van der Waals surface area contributed by atoms with E-state index in [0.29, 0.717) is 12.3 Å². The van der Waals surface area contributed by atoms with E-state index in [1.807, 2.05) is 12.1 Å². The van der Waals surface area contributed by atoms with E-state index < -0.39 is 6.09 Å². The molecule has 0 aliphatic heterocycles. The van der Waals surface area contributed by atoms with Crippen LogP contribution in [-0.4, -0.2) is 12.6 Å². The molecule has 0 radical (unpaired) electrons. The van der Waals surface area contributed by atoms with Crippen molar-refractivity contribution in [2.75, 3.05) is 6.54 Å². The van der Waals surface area contributed by atoms with Crippen molar-refractivity contribution in [3.63, 3.8) is 0 Å². The van der Waals surface area contributed by atoms with Crippen molar-refractivity contribution >= 4 is 22.0 Å². The highest BCUT2D eigenvalue weighted by Crippen LogP contribution is 2.17. The van der Waals surface area contributed by atoms with E-state index in [-0.39, 0.29) is 0 Å². The number of carbonyl (C=O) groups is 1. The first kappa shape index (κ1) is 12.0. The van der Waals surface area contributed by atoms with E-state index in [2.05, 4.69) is 28.2 Å². The lowest BCUT2D eigenvalue weighted by atomic mass is 10.3. The quantitative estimate of drug-likeness (QED) is 0.854. The molecule has 0 saturated heterocycles. The van der Waals surface area contributed by atoms with Crippen molar-refractivity contribution in [2.24, 2.45) is 0 Å². The van der Waals surface area contributed by atoms with Crippen LogP contribution in [0.25, 0.3) is 0 Å². The van der Waals surface area contributed by atoms with Gasteiger partial charge in [-0.05, 0) is 24.6 Å². The summed E-state index contributed by atoms with van der Waals surface area (Å²) in [7, 11) is 0. The summed E-state index contributed by atoms with van der Waals surface area (Å²) < 4.78 is 5.95. The summed E-state index contributed by atoms with van der Waals surface area (Å²) in [5.41, 5.74) is 0. The highest BCUT2D eigenvalue weighted by molar-refractivity contribution is 9.10. The number of carbonyl (C=O) groups excluding carboxylic acids is 1. The van der Waals surface area contributed by atoms with Crippen LogP contribution in [0.5, 0.6) is 5.75 Å². The van der Waals surface area contributed by atoms with E-state index in [1.165, 1.54) is 0 Å². The first-order valence-electron chi connectivity index (χ1n) is 4.93. The molecular formula is C11H14BrNO2. The summed E-state index contributed by atoms with van der Waals surface area (Å²) in [6.07, 6.45) is 1.62. The van der Waals surface area contributed by atoms with Gasteiger partial charge in [-0.25, -0.2) is 4.79 Å². The summed E-state index contributed by atoms with van der Waals surface area (Å²) in [5, 5.41) is 2.68. The minimum Gasteiger partial charge on any atom is -0.410 e. The van der Waals surface area contributed by atoms with Gasteiger partial charge in [0.05, 0.1) is 0 Å². The molecule has 0 aliphatic carbocycles. The van der Waals surface area contributed by atoms with Gasteiger partial charge in [-0.15, -0.1) is 0 Å². The van der Waals surface area contributed by atoms with Gasteiger partial charge in [0.25, 0.3) is 0 Å². The molecule has 1 N–H and O–H groups in total. The molecule has 0 bridgehead atoms. The van der Waals surface area contributed by atoms with Crippen LogP contribution in [0.15, 0.2) is 28.7 Å². The molecule has 82 valence electrons. The summed E-state index contributed by atoms with van der Waals surface area (Å²) in [6, 6.07) is 7.18. The standard InChI is InChI=1S/C11H14BrNO2/c1-2-3-7-13-11(14)15-10-6-4-5-9(12)8-10/h4-6,8H,2-3,7H2,1H3,(H,13,14). The topological polar surface area (TPSA) is 38.3 Å². The zero-order chi connectivity index (χ0) is 11.1. The SMILES string of the molecule is CCCCNC(=O)Oc1cccc(Br)c1. The molecule has 0 unspecified atom stereocenters. The van der Waals surface area contributed by atoms with Crippen LogP contribution < -0.4 is 10.1 Å². The van der Waals surface area contributed by atoms with Gasteiger partial charge in [0.15, 0.2) is 0 Å². The highest BCUT2D eigenvalue weighted by Gasteiger charge is 2.02. The Balaban J connectivity index is 2.37. The smallest absolute Gasteiger partial charge is 0.410 e. The van der Waals surface area contributed by atoms with Crippen molar-refractivity contribution < 1.29 is 9.53 Å². The van der Waals surface area contributed by atoms with Crippen molar-refractivity contribution in [1.82, 2.24) is 5.32 Å². The van der Waals surface area contributed by atoms with Crippen LogP contribution in [0.2, 0.25) is 0 Å². The van der Waals surface area contributed by atoms with Gasteiger partial charge in [0.1, 0.15) is 5.75 Å². The van der Waals surface area contributed by atoms with Crippen molar-refractivity contribution in [3.05, 3.63) is 28.7 Å². The minimum absolute atomic E-state index is 0.401. The highest BCUT2D eigenvalue weighted by atomic mass is 79.9. The average molecular weight is 272 g/mol. The van der Waals surface area contributed by atoms with E-state index in [4.69, 9.17) is 4.74 Å². The molecule has 1 aromatic rings. The van der Waals surface area contributed by atoms with Gasteiger partial charge in [0.2, 0.25) is 0 Å². The third kappa shape index (κ3) is 4.83. The number of unbranched alkanes of at least 4 members (excludes halogenated alkanes) is 1. The van der Waals surface area contributed by atoms with Crippen LogP contribution in [0.1, 0.15) is 19.8 Å². The van der Waals surface area contributed by atoms with E-state index in [9.17, 15) is 4.79 Å². The molecule has 4 heteroatoms. The third-order valence-electron chi connectivity index (χ3n) is 1.81. The van der Waals surface area contributed by atoms with Crippen LogP contribution in [0, 0.1) is 0 Å². The number of benzene rings is 1. The number of hydrogen-bond acceptors (Lipinski definition) is 2. The minimum atomic E-state index is -0.401. The molecule has 0 aliphatic rings. The maximum Gasteiger partial charge on any atom is 0.412 e. The molecule has 0 heterocycles. The first-order chi connectivity index (χ1) is 7.22. The zero-order valence-corrected chi connectivity index (χ0v) is 10.2. The van der Waals surface area contributed by atoms with Gasteiger partial charge < -0.3 is 10.1 Å². The second-order valence-corrected chi connectivity index (χ2v) is 4.04. The van der Waals surface area contributed by atoms with Crippen LogP contribution in [0.4, 0.5) is 4.79 Å². The van der Waals surface area contributed by atoms with Crippen molar-refractivity contribution in [3.8, 4) is 5.75 Å². The molecule has 15 heavy (non-hydrogen) atoms. The summed E-state index contributed by atoms with van der Waals surface area (Å²) in [5.74, 6) is 0.540. The fraction of sp³-hybridized carbons (Fsp3) is 0.364. The molecule has 1 aromatic carbocycles. The molecule has 0 fully saturated rings. The molecule has 1 rings (SSSR count). The Bertz CT molecular complexity index is 328. The fourth-order valence-electron chi connectivity index (χ4n) is 1.04. The van der Waals surface area contributed by atoms with Crippen LogP contribution in [0.3, 0.4) is 0 Å². The number of rotatable bonds is 4. The van der Waals surface area contributed by atoms with E-state index in [1.54, 1.807) is 12.1 Å². The molecule has 1 amide bonds. The lowest BCUT2D eigenvalue weighted by Crippen LogP contribution is -2.27. The van der Waals surface area contributed by atoms with Gasteiger partial charge in [-0.1, -0.05) is 35.3 Å². The number of ether oxygens (including phenoxy) is 1. The second-order valence-electron chi connectivity index (χ2n) is 3.13. The lowest BCUT2D eigenvalue weighted by Gasteiger charge is -2.05. The third-order valence-corrected chi connectivity index (χ3v) is 2.30. The molecule has 0 atom stereocenters. The van der Waals surface area contributed by atoms with Gasteiger partial charge >= 0.3 is 6.09 Å². The fourth-order valence-corrected chi connectivity index (χ4v) is 1.42. The van der Waals surface area contributed by atoms with Crippen molar-refractivity contribution in [2.45, 2.75) is 19.8 Å². The Morgan fingerprint density at radius 2 is 2.33 bits per heavy atom. The van der Waals surface area contributed by atoms with Crippen molar-refractivity contribution in [1.29, 1.82) is 0 Å². The number of hydrogen-bond donors (Lipinski definition) is 1. The van der Waals surface area contributed by atoms with Gasteiger partial charge in [0, 0.05) is 11.0 Å². The largest absolute Gasteiger partial charge is 0.412 e. The number of amides is 1. The van der Waals surface area contributed by atoms with E-state index >= 15 is 0 Å². The summed E-state index contributed by atoms with van der Waals surface area (Å²) in [4.78, 5) is 11.2. The molecular weight excluding hydrogens is 258 g/mol. The molecule has 0 saturated carbocycles. The molecule has 0 spiro atoms. The lowest BCUT2D eigenvalue weighted by molar-refractivity contribution is 0.200. The van der Waals surface area contributed by atoms with E-state index in [0.717, 1.165) is 17.3 Å².